The summed E-state index contributed by atoms with van der Waals surface area (Å²) in [6, 6.07) is 3.26. The van der Waals surface area contributed by atoms with Crippen LogP contribution >= 0.6 is 0 Å². The van der Waals surface area contributed by atoms with Gasteiger partial charge in [-0.1, -0.05) is 0 Å². The van der Waals surface area contributed by atoms with Crippen molar-refractivity contribution in [3.63, 3.8) is 0 Å². The molecule has 0 unspecified atom stereocenters. The van der Waals surface area contributed by atoms with Crippen molar-refractivity contribution in [2.75, 3.05) is 46.9 Å². The Labute approximate surface area is 124 Å². The topological polar surface area (TPSA) is 62.7 Å². The van der Waals surface area contributed by atoms with Crippen molar-refractivity contribution < 1.29 is 14.3 Å². The quantitative estimate of drug-likeness (QED) is 0.590. The Morgan fingerprint density at radius 1 is 1.48 bits per heavy atom. The minimum absolute atomic E-state index is 0.216. The van der Waals surface area contributed by atoms with Crippen LogP contribution in [0.3, 0.4) is 0 Å². The van der Waals surface area contributed by atoms with Gasteiger partial charge in [0.1, 0.15) is 0 Å². The number of nitrogens with zero attached hydrogens (tertiary/aromatic N) is 3. The van der Waals surface area contributed by atoms with Gasteiger partial charge in [-0.05, 0) is 26.2 Å². The lowest BCUT2D eigenvalue weighted by Gasteiger charge is -2.24. The van der Waals surface area contributed by atoms with Crippen LogP contribution in [0.25, 0.3) is 0 Å². The smallest absolute Gasteiger partial charge is 0.295 e. The van der Waals surface area contributed by atoms with Crippen LogP contribution in [0.2, 0.25) is 0 Å². The molecule has 1 aromatic heterocycles. The van der Waals surface area contributed by atoms with E-state index in [1.807, 2.05) is 14.1 Å². The summed E-state index contributed by atoms with van der Waals surface area (Å²) >= 11 is 0. The fourth-order valence-electron chi connectivity index (χ4n) is 2.46. The summed E-state index contributed by atoms with van der Waals surface area (Å²) in [5.74, 6) is -0.765. The normalized spacial score (nSPS) is 19.4. The summed E-state index contributed by atoms with van der Waals surface area (Å²) in [5, 5.41) is 0. The highest BCUT2D eigenvalue weighted by atomic mass is 16.5. The molecule has 2 heterocycles. The van der Waals surface area contributed by atoms with Crippen molar-refractivity contribution in [1.82, 2.24) is 14.8 Å². The van der Waals surface area contributed by atoms with Crippen LogP contribution < -0.4 is 0 Å². The van der Waals surface area contributed by atoms with Gasteiger partial charge in [0, 0.05) is 43.5 Å². The van der Waals surface area contributed by atoms with Crippen molar-refractivity contribution in [3.05, 3.63) is 30.1 Å². The molecule has 0 aromatic carbocycles. The Bertz CT molecular complexity index is 490. The van der Waals surface area contributed by atoms with E-state index in [0.29, 0.717) is 31.9 Å². The Morgan fingerprint density at radius 2 is 2.29 bits per heavy atom. The summed E-state index contributed by atoms with van der Waals surface area (Å²) < 4.78 is 5.53. The number of aromatic nitrogens is 1. The first-order valence-electron chi connectivity index (χ1n) is 7.04. The molecular formula is C15H21N3O3. The minimum atomic E-state index is -0.506. The zero-order valence-electron chi connectivity index (χ0n) is 12.5. The van der Waals surface area contributed by atoms with Gasteiger partial charge in [0.05, 0.1) is 13.2 Å². The first kappa shape index (κ1) is 15.6. The third-order valence-electron chi connectivity index (χ3n) is 3.37. The fraction of sp³-hybridized carbons (Fsp3) is 0.533. The van der Waals surface area contributed by atoms with E-state index in [9.17, 15) is 9.59 Å². The first-order valence-corrected chi connectivity index (χ1v) is 7.04. The molecule has 2 rings (SSSR count). The molecule has 1 saturated heterocycles. The second-order valence-corrected chi connectivity index (χ2v) is 5.53. The van der Waals surface area contributed by atoms with Gasteiger partial charge in [0.15, 0.2) is 0 Å². The van der Waals surface area contributed by atoms with E-state index >= 15 is 0 Å². The van der Waals surface area contributed by atoms with E-state index in [4.69, 9.17) is 4.74 Å². The van der Waals surface area contributed by atoms with Gasteiger partial charge in [-0.15, -0.1) is 0 Å². The van der Waals surface area contributed by atoms with E-state index in [-0.39, 0.29) is 5.92 Å². The summed E-state index contributed by atoms with van der Waals surface area (Å²) in [7, 11) is 3.97. The van der Waals surface area contributed by atoms with Gasteiger partial charge >= 0.3 is 0 Å². The van der Waals surface area contributed by atoms with Crippen LogP contribution in [0.5, 0.6) is 0 Å². The molecular weight excluding hydrogens is 270 g/mol. The summed E-state index contributed by atoms with van der Waals surface area (Å²) in [4.78, 5) is 32.1. The fourth-order valence-corrected chi connectivity index (χ4v) is 2.46. The monoisotopic (exact) mass is 291 g/mol. The van der Waals surface area contributed by atoms with Crippen LogP contribution in [-0.4, -0.2) is 73.4 Å². The molecule has 1 fully saturated rings. The molecule has 0 saturated carbocycles. The number of hydrogen-bond donors (Lipinski definition) is 0. The SMILES string of the molecule is CN(C)C[C@@H]1COCCN(C(=O)C(=O)c2cccnc2)C1. The Kier molecular flexibility index (Phi) is 5.41. The molecule has 6 nitrogen and oxygen atoms in total. The summed E-state index contributed by atoms with van der Waals surface area (Å²) in [6.07, 6.45) is 3.00. The minimum Gasteiger partial charge on any atom is -0.379 e. The maximum absolute atomic E-state index is 12.4. The van der Waals surface area contributed by atoms with Gasteiger partial charge in [0.2, 0.25) is 0 Å². The van der Waals surface area contributed by atoms with Crippen molar-refractivity contribution in [2.24, 2.45) is 5.92 Å². The predicted octanol–water partition coefficient (Wildman–Crippen LogP) is 0.301. The van der Waals surface area contributed by atoms with Crippen molar-refractivity contribution in [2.45, 2.75) is 0 Å². The number of rotatable bonds is 4. The van der Waals surface area contributed by atoms with E-state index in [1.165, 1.54) is 6.20 Å². The van der Waals surface area contributed by atoms with Crippen molar-refractivity contribution >= 4 is 11.7 Å². The molecule has 114 valence electrons. The van der Waals surface area contributed by atoms with Gasteiger partial charge in [0.25, 0.3) is 11.7 Å². The van der Waals surface area contributed by atoms with Gasteiger partial charge in [-0.3, -0.25) is 14.6 Å². The standard InChI is InChI=1S/C15H21N3O3/c1-17(2)9-12-10-18(6-7-21-11-12)15(20)14(19)13-4-3-5-16-8-13/h3-5,8,12H,6-7,9-11H2,1-2H3/t12-/m0/s1. The number of pyridine rings is 1. The highest BCUT2D eigenvalue weighted by molar-refractivity contribution is 6.42. The summed E-state index contributed by atoms with van der Waals surface area (Å²) in [6.45, 7) is 2.90. The van der Waals surface area contributed by atoms with Crippen LogP contribution in [0.4, 0.5) is 0 Å². The third kappa shape index (κ3) is 4.34. The second-order valence-electron chi connectivity index (χ2n) is 5.53. The van der Waals surface area contributed by atoms with Crippen molar-refractivity contribution in [1.29, 1.82) is 0 Å². The number of Topliss-reactive ketones (excluding diaryl/α,β-unsaturated/α-hetero) is 1. The molecule has 0 N–H and O–H groups in total. The molecule has 1 aliphatic heterocycles. The van der Waals surface area contributed by atoms with E-state index in [2.05, 4.69) is 9.88 Å². The number of carbonyl (C=O) groups excluding carboxylic acids is 2. The molecule has 6 heteroatoms. The Balaban J connectivity index is 2.05. The molecule has 0 radical (unpaired) electrons. The molecule has 1 atom stereocenters. The molecule has 1 aliphatic rings. The lowest BCUT2D eigenvalue weighted by atomic mass is 10.1. The third-order valence-corrected chi connectivity index (χ3v) is 3.37. The van der Waals surface area contributed by atoms with Gasteiger partial charge < -0.3 is 14.5 Å². The largest absolute Gasteiger partial charge is 0.379 e. The first-order chi connectivity index (χ1) is 10.1. The zero-order chi connectivity index (χ0) is 15.2. The van der Waals surface area contributed by atoms with E-state index in [0.717, 1.165) is 6.54 Å². The van der Waals surface area contributed by atoms with Gasteiger partial charge in [-0.2, -0.15) is 0 Å². The molecule has 1 amide bonds. The van der Waals surface area contributed by atoms with Gasteiger partial charge in [-0.25, -0.2) is 0 Å². The lowest BCUT2D eigenvalue weighted by molar-refractivity contribution is -0.126. The number of carbonyl (C=O) groups is 2. The molecule has 0 aliphatic carbocycles. The number of hydrogen-bond acceptors (Lipinski definition) is 5. The van der Waals surface area contributed by atoms with Crippen LogP contribution in [0, 0.1) is 5.92 Å². The average molecular weight is 291 g/mol. The Morgan fingerprint density at radius 3 is 2.95 bits per heavy atom. The average Bonchev–Trinajstić information content (AvgIpc) is 2.71. The van der Waals surface area contributed by atoms with Crippen molar-refractivity contribution in [3.8, 4) is 0 Å². The molecule has 0 spiro atoms. The second kappa shape index (κ2) is 7.28. The lowest BCUT2D eigenvalue weighted by Crippen LogP contribution is -2.42. The molecule has 0 bridgehead atoms. The summed E-state index contributed by atoms with van der Waals surface area (Å²) in [5.41, 5.74) is 0.330. The Hall–Kier alpha value is -1.79. The highest BCUT2D eigenvalue weighted by Gasteiger charge is 2.27. The van der Waals surface area contributed by atoms with E-state index < -0.39 is 11.7 Å². The zero-order valence-corrected chi connectivity index (χ0v) is 12.5. The van der Waals surface area contributed by atoms with Crippen LogP contribution in [-0.2, 0) is 9.53 Å². The van der Waals surface area contributed by atoms with E-state index in [1.54, 1.807) is 23.2 Å². The van der Waals surface area contributed by atoms with Crippen LogP contribution in [0.1, 0.15) is 10.4 Å². The van der Waals surface area contributed by atoms with Crippen LogP contribution in [0.15, 0.2) is 24.5 Å². The molecule has 21 heavy (non-hydrogen) atoms. The maximum atomic E-state index is 12.4. The predicted molar refractivity (Wildman–Crippen MR) is 78.0 cm³/mol. The molecule has 1 aromatic rings. The number of ketones is 1. The highest BCUT2D eigenvalue weighted by Crippen LogP contribution is 2.10. The number of amides is 1. The maximum Gasteiger partial charge on any atom is 0.295 e. The number of ether oxygens (including phenoxy) is 1.